The van der Waals surface area contributed by atoms with Gasteiger partial charge in [0.05, 0.1) is 20.8 Å². The van der Waals surface area contributed by atoms with E-state index in [0.717, 1.165) is 28.3 Å². The maximum absolute atomic E-state index is 12.8. The molecule has 5 nitrogen and oxygen atoms in total. The second-order valence-electron chi connectivity index (χ2n) is 6.80. The number of carbonyl (C=O) groups excluding carboxylic acids is 1. The Morgan fingerprint density at radius 1 is 0.929 bits per heavy atom. The molecule has 0 atom stereocenters. The van der Waals surface area contributed by atoms with Crippen molar-refractivity contribution in [3.8, 4) is 17.2 Å². The van der Waals surface area contributed by atoms with Crippen LogP contribution in [0.2, 0.25) is 0 Å². The van der Waals surface area contributed by atoms with Crippen molar-refractivity contribution in [2.45, 2.75) is 20.8 Å². The number of aryl methyl sites for hydroxylation is 2. The number of anilines is 1. The topological polar surface area (TPSA) is 52.5 Å². The van der Waals surface area contributed by atoms with Gasteiger partial charge in [-0.25, -0.2) is 0 Å². The number of Topliss-reactive ketones (excluding diaryl/α,β-unsaturated/α-hetero) is 1. The third-order valence-electron chi connectivity index (χ3n) is 4.86. The Hall–Kier alpha value is -3.21. The molecule has 0 bridgehead atoms. The summed E-state index contributed by atoms with van der Waals surface area (Å²) in [5, 5.41) is 3.18. The number of ketones is 1. The largest absolute Gasteiger partial charge is 0.493 e. The van der Waals surface area contributed by atoms with Crippen LogP contribution in [0.4, 0.5) is 5.69 Å². The number of benzene rings is 2. The molecule has 0 spiro atoms. The van der Waals surface area contributed by atoms with Crippen LogP contribution in [0.25, 0.3) is 5.69 Å². The van der Waals surface area contributed by atoms with Gasteiger partial charge in [-0.05, 0) is 51.1 Å². The predicted molar refractivity (Wildman–Crippen MR) is 112 cm³/mol. The van der Waals surface area contributed by atoms with Crippen molar-refractivity contribution >= 4 is 11.5 Å². The Labute approximate surface area is 165 Å². The average Bonchev–Trinajstić information content (AvgIpc) is 3.00. The van der Waals surface area contributed by atoms with E-state index in [2.05, 4.69) is 41.1 Å². The lowest BCUT2D eigenvalue weighted by Gasteiger charge is -2.12. The van der Waals surface area contributed by atoms with Gasteiger partial charge in [0.2, 0.25) is 0 Å². The second-order valence-corrected chi connectivity index (χ2v) is 6.80. The van der Waals surface area contributed by atoms with Crippen LogP contribution in [-0.2, 0) is 0 Å². The zero-order valence-electron chi connectivity index (χ0n) is 17.0. The van der Waals surface area contributed by atoms with Crippen LogP contribution in [0.1, 0.15) is 27.3 Å². The minimum absolute atomic E-state index is 0.0428. The Bertz CT molecular complexity index is 988. The lowest BCUT2D eigenvalue weighted by Crippen LogP contribution is -2.15. The van der Waals surface area contributed by atoms with Crippen LogP contribution in [0.15, 0.2) is 48.5 Å². The van der Waals surface area contributed by atoms with Gasteiger partial charge in [0.1, 0.15) is 0 Å². The fourth-order valence-electron chi connectivity index (χ4n) is 3.36. The summed E-state index contributed by atoms with van der Waals surface area (Å²) < 4.78 is 12.7. The number of hydrogen-bond donors (Lipinski definition) is 1. The molecule has 3 rings (SSSR count). The van der Waals surface area contributed by atoms with Gasteiger partial charge in [0.25, 0.3) is 0 Å². The van der Waals surface area contributed by atoms with Gasteiger partial charge in [0, 0.05) is 34.4 Å². The van der Waals surface area contributed by atoms with Crippen LogP contribution in [0, 0.1) is 20.8 Å². The van der Waals surface area contributed by atoms with E-state index in [1.807, 2.05) is 38.1 Å². The molecular formula is C23H26N2O3. The molecule has 0 saturated carbocycles. The van der Waals surface area contributed by atoms with Gasteiger partial charge < -0.3 is 19.4 Å². The summed E-state index contributed by atoms with van der Waals surface area (Å²) in [5.74, 6) is 1.32. The van der Waals surface area contributed by atoms with Crippen LogP contribution in [0.3, 0.4) is 0 Å². The molecule has 0 radical (unpaired) electrons. The Morgan fingerprint density at radius 2 is 1.61 bits per heavy atom. The Kier molecular flexibility index (Phi) is 5.73. The number of nitrogens with zero attached hydrogens (tertiary/aromatic N) is 1. The molecule has 1 heterocycles. The molecular weight excluding hydrogens is 352 g/mol. The van der Waals surface area contributed by atoms with Crippen LogP contribution >= 0.6 is 0 Å². The summed E-state index contributed by atoms with van der Waals surface area (Å²) >= 11 is 0. The van der Waals surface area contributed by atoms with Gasteiger partial charge in [-0.1, -0.05) is 17.7 Å². The van der Waals surface area contributed by atoms with Gasteiger partial charge >= 0.3 is 0 Å². The van der Waals surface area contributed by atoms with Gasteiger partial charge in [0.15, 0.2) is 17.3 Å². The van der Waals surface area contributed by atoms with Crippen molar-refractivity contribution in [3.63, 3.8) is 0 Å². The molecule has 5 heteroatoms. The summed E-state index contributed by atoms with van der Waals surface area (Å²) in [6.45, 7) is 6.27. The van der Waals surface area contributed by atoms with Crippen molar-refractivity contribution in [2.75, 3.05) is 26.1 Å². The third-order valence-corrected chi connectivity index (χ3v) is 4.86. The molecule has 0 saturated heterocycles. The molecule has 1 aromatic heterocycles. The SMILES string of the molecule is COc1ccc(NCC(=O)c2cc(C)n(-c3ccc(C)cc3)c2C)cc1OC. The highest BCUT2D eigenvalue weighted by Gasteiger charge is 2.16. The first kappa shape index (κ1) is 19.5. The first-order valence-electron chi connectivity index (χ1n) is 9.19. The van der Waals surface area contributed by atoms with E-state index in [-0.39, 0.29) is 12.3 Å². The number of aromatic nitrogens is 1. The van der Waals surface area contributed by atoms with E-state index in [1.165, 1.54) is 5.56 Å². The smallest absolute Gasteiger partial charge is 0.183 e. The maximum atomic E-state index is 12.8. The minimum Gasteiger partial charge on any atom is -0.493 e. The molecule has 0 amide bonds. The normalized spacial score (nSPS) is 10.6. The summed E-state index contributed by atoms with van der Waals surface area (Å²) in [7, 11) is 3.19. The van der Waals surface area contributed by atoms with E-state index < -0.39 is 0 Å². The predicted octanol–water partition coefficient (Wildman–Crippen LogP) is 4.71. The van der Waals surface area contributed by atoms with E-state index in [9.17, 15) is 4.79 Å². The summed E-state index contributed by atoms with van der Waals surface area (Å²) in [6, 6.07) is 15.8. The van der Waals surface area contributed by atoms with Gasteiger partial charge in [-0.2, -0.15) is 0 Å². The molecule has 0 unspecified atom stereocenters. The van der Waals surface area contributed by atoms with Crippen molar-refractivity contribution < 1.29 is 14.3 Å². The molecule has 3 aromatic rings. The zero-order valence-corrected chi connectivity index (χ0v) is 17.0. The minimum atomic E-state index is 0.0428. The number of carbonyl (C=O) groups is 1. The first-order chi connectivity index (χ1) is 13.4. The lowest BCUT2D eigenvalue weighted by atomic mass is 10.1. The van der Waals surface area contributed by atoms with E-state index in [0.29, 0.717) is 11.5 Å². The molecule has 2 aromatic carbocycles. The van der Waals surface area contributed by atoms with Crippen molar-refractivity contribution in [2.24, 2.45) is 0 Å². The fourth-order valence-corrected chi connectivity index (χ4v) is 3.36. The molecule has 146 valence electrons. The van der Waals surface area contributed by atoms with Crippen LogP contribution in [-0.4, -0.2) is 31.1 Å². The number of ether oxygens (including phenoxy) is 2. The van der Waals surface area contributed by atoms with E-state index >= 15 is 0 Å². The standard InChI is InChI=1S/C23H26N2O3/c1-15-6-9-19(10-7-15)25-16(2)12-20(17(25)3)21(26)14-24-18-8-11-22(27-4)23(13-18)28-5/h6-13,24H,14H2,1-5H3. The number of nitrogens with one attached hydrogen (secondary N) is 1. The Morgan fingerprint density at radius 3 is 2.25 bits per heavy atom. The van der Waals surface area contributed by atoms with E-state index in [4.69, 9.17) is 9.47 Å². The summed E-state index contributed by atoms with van der Waals surface area (Å²) in [6.07, 6.45) is 0. The highest BCUT2D eigenvalue weighted by Crippen LogP contribution is 2.30. The molecule has 0 aliphatic rings. The molecule has 0 aliphatic heterocycles. The summed E-state index contributed by atoms with van der Waals surface area (Å²) in [4.78, 5) is 12.8. The second kappa shape index (κ2) is 8.21. The van der Waals surface area contributed by atoms with E-state index in [1.54, 1.807) is 14.2 Å². The van der Waals surface area contributed by atoms with Crippen molar-refractivity contribution in [1.29, 1.82) is 0 Å². The van der Waals surface area contributed by atoms with Crippen molar-refractivity contribution in [3.05, 3.63) is 71.0 Å². The van der Waals surface area contributed by atoms with Crippen molar-refractivity contribution in [1.82, 2.24) is 4.57 Å². The molecule has 1 N–H and O–H groups in total. The first-order valence-corrected chi connectivity index (χ1v) is 9.19. The zero-order chi connectivity index (χ0) is 20.3. The average molecular weight is 378 g/mol. The Balaban J connectivity index is 1.78. The van der Waals surface area contributed by atoms with Gasteiger partial charge in [-0.3, -0.25) is 4.79 Å². The molecule has 0 fully saturated rings. The monoisotopic (exact) mass is 378 g/mol. The quantitative estimate of drug-likeness (QED) is 0.605. The van der Waals surface area contributed by atoms with Gasteiger partial charge in [-0.15, -0.1) is 0 Å². The molecule has 28 heavy (non-hydrogen) atoms. The lowest BCUT2D eigenvalue weighted by molar-refractivity contribution is 0.101. The summed E-state index contributed by atoms with van der Waals surface area (Å²) in [5.41, 5.74) is 5.79. The third kappa shape index (κ3) is 3.88. The fraction of sp³-hybridized carbons (Fsp3) is 0.261. The van der Waals surface area contributed by atoms with Crippen LogP contribution in [0.5, 0.6) is 11.5 Å². The number of hydrogen-bond acceptors (Lipinski definition) is 4. The molecule has 0 aliphatic carbocycles. The number of methoxy groups -OCH3 is 2. The highest BCUT2D eigenvalue weighted by molar-refractivity contribution is 6.00. The maximum Gasteiger partial charge on any atom is 0.183 e. The number of rotatable bonds is 7. The highest BCUT2D eigenvalue weighted by atomic mass is 16.5. The van der Waals surface area contributed by atoms with Crippen LogP contribution < -0.4 is 14.8 Å².